The van der Waals surface area contributed by atoms with E-state index in [1.165, 1.54) is 11.3 Å². The molecule has 0 unspecified atom stereocenters. The van der Waals surface area contributed by atoms with Crippen molar-refractivity contribution in [2.45, 2.75) is 13.0 Å². The van der Waals surface area contributed by atoms with Crippen molar-refractivity contribution in [3.8, 4) is 11.1 Å². The summed E-state index contributed by atoms with van der Waals surface area (Å²) in [5.41, 5.74) is 5.49. The van der Waals surface area contributed by atoms with Crippen molar-refractivity contribution in [1.29, 1.82) is 0 Å². The van der Waals surface area contributed by atoms with Gasteiger partial charge in [-0.3, -0.25) is 4.40 Å². The van der Waals surface area contributed by atoms with Crippen molar-refractivity contribution in [3.63, 3.8) is 0 Å². The molecule has 0 N–H and O–H groups in total. The highest BCUT2D eigenvalue weighted by atomic mass is 35.5. The van der Waals surface area contributed by atoms with E-state index in [4.69, 9.17) is 21.3 Å². The number of morpholine rings is 1. The van der Waals surface area contributed by atoms with Crippen LogP contribution in [0.25, 0.3) is 27.8 Å². The highest BCUT2D eigenvalue weighted by Crippen LogP contribution is 2.34. The lowest BCUT2D eigenvalue weighted by atomic mass is 10.0. The molecular formula is C27H25ClN6O. The third-order valence-corrected chi connectivity index (χ3v) is 6.88. The summed E-state index contributed by atoms with van der Waals surface area (Å²) in [7, 11) is 2.02. The molecule has 0 saturated carbocycles. The molecule has 1 aliphatic heterocycles. The van der Waals surface area contributed by atoms with Crippen LogP contribution >= 0.6 is 11.6 Å². The van der Waals surface area contributed by atoms with Crippen molar-refractivity contribution in [2.24, 2.45) is 0 Å². The van der Waals surface area contributed by atoms with Gasteiger partial charge in [-0.2, -0.15) is 4.98 Å². The molecule has 0 radical (unpaired) electrons. The third kappa shape index (κ3) is 3.96. The maximum Gasteiger partial charge on any atom is 0.257 e. The Hall–Kier alpha value is -3.68. The second-order valence-corrected chi connectivity index (χ2v) is 9.31. The van der Waals surface area contributed by atoms with Crippen molar-refractivity contribution in [2.75, 3.05) is 36.6 Å². The molecule has 0 aliphatic carbocycles. The summed E-state index contributed by atoms with van der Waals surface area (Å²) in [6, 6.07) is 23.4. The fourth-order valence-electron chi connectivity index (χ4n) is 4.75. The lowest BCUT2D eigenvalue weighted by molar-refractivity contribution is 0.0989. The van der Waals surface area contributed by atoms with Crippen LogP contribution in [0, 0.1) is 0 Å². The fourth-order valence-corrected chi connectivity index (χ4v) is 4.92. The monoisotopic (exact) mass is 484 g/mol. The lowest BCUT2D eigenvalue weighted by Crippen LogP contribution is -2.43. The number of hydrogen-bond donors (Lipinski definition) is 0. The topological polar surface area (TPSA) is 58.8 Å². The standard InChI is InChI=1S/C27H25ClN6O/c1-18-16-35-13-12-33(18)22-9-6-19(7-10-22)20-4-3-5-23(14-20)32(2)26-24-11-8-21(28)15-25(24)34-17-29-31-27(34)30-26/h3-11,14-15,17-18H,12-13,16H2,1-2H3/t18-/m0/s1. The zero-order valence-electron chi connectivity index (χ0n) is 19.6. The summed E-state index contributed by atoms with van der Waals surface area (Å²) >= 11 is 6.29. The molecule has 6 rings (SSSR count). The molecule has 0 spiro atoms. The highest BCUT2D eigenvalue weighted by Gasteiger charge is 2.19. The summed E-state index contributed by atoms with van der Waals surface area (Å²) < 4.78 is 7.44. The summed E-state index contributed by atoms with van der Waals surface area (Å²) in [5, 5.41) is 9.83. The molecule has 176 valence electrons. The first-order valence-electron chi connectivity index (χ1n) is 11.7. The molecule has 1 fully saturated rings. The van der Waals surface area contributed by atoms with E-state index in [0.29, 0.717) is 16.8 Å². The number of hydrogen-bond acceptors (Lipinski definition) is 6. The Balaban J connectivity index is 1.35. The van der Waals surface area contributed by atoms with Gasteiger partial charge in [0.25, 0.3) is 5.78 Å². The van der Waals surface area contributed by atoms with Gasteiger partial charge in [0.05, 0.1) is 18.7 Å². The van der Waals surface area contributed by atoms with Crippen molar-refractivity contribution in [1.82, 2.24) is 19.6 Å². The van der Waals surface area contributed by atoms with E-state index in [-0.39, 0.29) is 0 Å². The quantitative estimate of drug-likeness (QED) is 0.331. The van der Waals surface area contributed by atoms with E-state index >= 15 is 0 Å². The molecule has 0 amide bonds. The number of rotatable bonds is 4. The van der Waals surface area contributed by atoms with Crippen LogP contribution in [-0.4, -0.2) is 52.4 Å². The second-order valence-electron chi connectivity index (χ2n) is 8.87. The Labute approximate surface area is 208 Å². The van der Waals surface area contributed by atoms with Gasteiger partial charge in [0, 0.05) is 41.4 Å². The van der Waals surface area contributed by atoms with Gasteiger partial charge in [-0.15, -0.1) is 10.2 Å². The first-order chi connectivity index (χ1) is 17.1. The van der Waals surface area contributed by atoms with E-state index in [2.05, 4.69) is 75.5 Å². The minimum absolute atomic E-state index is 0.381. The van der Waals surface area contributed by atoms with Crippen LogP contribution < -0.4 is 9.80 Å². The summed E-state index contributed by atoms with van der Waals surface area (Å²) in [5.74, 6) is 1.33. The molecule has 0 bridgehead atoms. The molecule has 5 aromatic rings. The van der Waals surface area contributed by atoms with E-state index in [9.17, 15) is 0 Å². The Morgan fingerprint density at radius 1 is 1.03 bits per heavy atom. The number of fused-ring (bicyclic) bond motifs is 3. The zero-order valence-corrected chi connectivity index (χ0v) is 20.4. The highest BCUT2D eigenvalue weighted by molar-refractivity contribution is 6.31. The van der Waals surface area contributed by atoms with Gasteiger partial charge in [0.1, 0.15) is 12.1 Å². The molecule has 7 nitrogen and oxygen atoms in total. The van der Waals surface area contributed by atoms with Gasteiger partial charge in [-0.05, 0) is 60.5 Å². The predicted octanol–water partition coefficient (Wildman–Crippen LogP) is 5.59. The number of anilines is 3. The molecule has 35 heavy (non-hydrogen) atoms. The smallest absolute Gasteiger partial charge is 0.257 e. The number of nitrogens with zero attached hydrogens (tertiary/aromatic N) is 6. The molecule has 2 aromatic heterocycles. The minimum Gasteiger partial charge on any atom is -0.377 e. The molecule has 1 atom stereocenters. The molecule has 3 heterocycles. The average Bonchev–Trinajstić information content (AvgIpc) is 3.37. The van der Waals surface area contributed by atoms with E-state index in [0.717, 1.165) is 47.7 Å². The Kier molecular flexibility index (Phi) is 5.51. The van der Waals surface area contributed by atoms with Crippen LogP contribution in [0.2, 0.25) is 5.02 Å². The number of benzene rings is 3. The first kappa shape index (κ1) is 21.8. The van der Waals surface area contributed by atoms with Crippen molar-refractivity contribution < 1.29 is 4.74 Å². The maximum atomic E-state index is 6.29. The molecule has 1 saturated heterocycles. The predicted molar refractivity (Wildman–Crippen MR) is 141 cm³/mol. The summed E-state index contributed by atoms with van der Waals surface area (Å²) in [6.07, 6.45) is 1.66. The largest absolute Gasteiger partial charge is 0.377 e. The lowest BCUT2D eigenvalue weighted by Gasteiger charge is -2.35. The van der Waals surface area contributed by atoms with Gasteiger partial charge in [-0.25, -0.2) is 0 Å². The van der Waals surface area contributed by atoms with Gasteiger partial charge >= 0.3 is 0 Å². The van der Waals surface area contributed by atoms with E-state index in [1.807, 2.05) is 29.6 Å². The molecular weight excluding hydrogens is 460 g/mol. The van der Waals surface area contributed by atoms with Gasteiger partial charge in [-0.1, -0.05) is 35.9 Å². The van der Waals surface area contributed by atoms with Crippen molar-refractivity contribution in [3.05, 3.63) is 78.1 Å². The van der Waals surface area contributed by atoms with E-state index in [1.54, 1.807) is 6.33 Å². The molecule has 8 heteroatoms. The Bertz CT molecular complexity index is 1520. The zero-order chi connectivity index (χ0) is 23.9. The SMILES string of the molecule is C[C@H]1COCCN1c1ccc(-c2cccc(N(C)c3nc4nncn4c4cc(Cl)ccc34)c2)cc1. The fraction of sp³-hybridized carbons (Fsp3) is 0.222. The van der Waals surface area contributed by atoms with Gasteiger partial charge in [0.2, 0.25) is 0 Å². The first-order valence-corrected chi connectivity index (χ1v) is 12.0. The second kappa shape index (κ2) is 8.83. The number of aromatic nitrogens is 4. The van der Waals surface area contributed by atoms with Gasteiger partial charge in [0.15, 0.2) is 0 Å². The van der Waals surface area contributed by atoms with Crippen LogP contribution in [0.3, 0.4) is 0 Å². The Morgan fingerprint density at radius 2 is 1.89 bits per heavy atom. The summed E-state index contributed by atoms with van der Waals surface area (Å²) in [6.45, 7) is 4.67. The maximum absolute atomic E-state index is 6.29. The van der Waals surface area contributed by atoms with Crippen LogP contribution in [0.15, 0.2) is 73.1 Å². The number of ether oxygens (including phenoxy) is 1. The number of halogens is 1. The minimum atomic E-state index is 0.381. The van der Waals surface area contributed by atoms with E-state index < -0.39 is 0 Å². The van der Waals surface area contributed by atoms with Crippen LogP contribution in [-0.2, 0) is 4.74 Å². The van der Waals surface area contributed by atoms with Crippen LogP contribution in [0.5, 0.6) is 0 Å². The van der Waals surface area contributed by atoms with Crippen LogP contribution in [0.1, 0.15) is 6.92 Å². The van der Waals surface area contributed by atoms with Crippen molar-refractivity contribution >= 4 is 45.5 Å². The molecule has 3 aromatic carbocycles. The molecule has 1 aliphatic rings. The van der Waals surface area contributed by atoms with Gasteiger partial charge < -0.3 is 14.5 Å². The third-order valence-electron chi connectivity index (χ3n) is 6.65. The summed E-state index contributed by atoms with van der Waals surface area (Å²) in [4.78, 5) is 9.28. The normalized spacial score (nSPS) is 16.2. The Morgan fingerprint density at radius 3 is 2.71 bits per heavy atom. The van der Waals surface area contributed by atoms with Crippen LogP contribution in [0.4, 0.5) is 17.2 Å². The average molecular weight is 485 g/mol.